The van der Waals surface area contributed by atoms with Crippen molar-refractivity contribution < 1.29 is 42.7 Å². The first-order valence-corrected chi connectivity index (χ1v) is 23.7. The number of phosphoric ester groups is 1. The minimum absolute atomic E-state index is 0.0246. The molecule has 11 heteroatoms. The van der Waals surface area contributed by atoms with Crippen molar-refractivity contribution in [1.82, 2.24) is 0 Å². The Bertz CT molecular complexity index is 1240. The standard InChI is InChI=1S/C47H80NO9P/c1-3-5-7-9-11-13-15-17-18-19-20-22-24-26-28-30-34-39-47(51)57-45(43-56-58(52,53)55-41-40-48)42-54-46(50)38-35-31-33-37-44(49)36-32-29-27-25-23-21-16-14-12-10-8-6-4-2/h6,8,12,14,17-18,21,23,27,29,31-33,36,44-45,49H,3-5,7,9-11,13,15-16,19-20,22,24-26,28,30,34-35,37-43,48H2,1-2H3,(H,52,53)/b8-6-,14-12-,18-17-,23-21-,29-27-,33-31-,36-32-/t44?,45-/m1/s1. The lowest BCUT2D eigenvalue weighted by atomic mass is 10.1. The highest BCUT2D eigenvalue weighted by atomic mass is 31.2. The number of allylic oxidation sites excluding steroid dienone is 12. The fourth-order valence-corrected chi connectivity index (χ4v) is 6.33. The zero-order valence-electron chi connectivity index (χ0n) is 36.1. The lowest BCUT2D eigenvalue weighted by Crippen LogP contribution is -2.29. The molecule has 0 aliphatic heterocycles. The van der Waals surface area contributed by atoms with Gasteiger partial charge in [0, 0.05) is 19.4 Å². The zero-order valence-corrected chi connectivity index (χ0v) is 37.0. The fraction of sp³-hybridized carbons (Fsp3) is 0.660. The molecule has 0 amide bonds. The van der Waals surface area contributed by atoms with Gasteiger partial charge in [0.2, 0.25) is 0 Å². The number of esters is 2. The van der Waals surface area contributed by atoms with E-state index in [2.05, 4.69) is 62.5 Å². The SMILES string of the molecule is CC/C=C\C/C=C\C/C=C\C/C=C\C=C/C(O)C/C=C\CCC(=O)OC[C@H](COP(=O)(O)OCCN)OC(=O)CCCCCCCCC/C=C\CCCCCCCC. The van der Waals surface area contributed by atoms with Gasteiger partial charge >= 0.3 is 19.8 Å². The van der Waals surface area contributed by atoms with Gasteiger partial charge in [0.15, 0.2) is 6.10 Å². The monoisotopic (exact) mass is 834 g/mol. The summed E-state index contributed by atoms with van der Waals surface area (Å²) < 4.78 is 32.6. The number of rotatable bonds is 40. The number of hydrogen-bond donors (Lipinski definition) is 3. The van der Waals surface area contributed by atoms with Gasteiger partial charge in [-0.3, -0.25) is 18.6 Å². The lowest BCUT2D eigenvalue weighted by molar-refractivity contribution is -0.161. The molecule has 0 saturated heterocycles. The van der Waals surface area contributed by atoms with Gasteiger partial charge in [-0.05, 0) is 70.6 Å². The average molecular weight is 834 g/mol. The zero-order chi connectivity index (χ0) is 42.6. The number of carbonyl (C=O) groups is 2. The van der Waals surface area contributed by atoms with Crippen LogP contribution >= 0.6 is 7.82 Å². The van der Waals surface area contributed by atoms with Crippen LogP contribution in [0.5, 0.6) is 0 Å². The van der Waals surface area contributed by atoms with Gasteiger partial charge in [0.1, 0.15) is 6.61 Å². The van der Waals surface area contributed by atoms with Gasteiger partial charge in [-0.2, -0.15) is 0 Å². The molecule has 0 aromatic heterocycles. The Labute approximate surface area is 352 Å². The number of hydrogen-bond acceptors (Lipinski definition) is 9. The Kier molecular flexibility index (Phi) is 40.2. The predicted octanol–water partition coefficient (Wildman–Crippen LogP) is 11.8. The molecule has 2 unspecified atom stereocenters. The second-order valence-electron chi connectivity index (χ2n) is 14.4. The van der Waals surface area contributed by atoms with Crippen LogP contribution in [0.15, 0.2) is 85.1 Å². The van der Waals surface area contributed by atoms with Crippen LogP contribution in [0.2, 0.25) is 0 Å². The molecule has 0 fully saturated rings. The molecule has 58 heavy (non-hydrogen) atoms. The van der Waals surface area contributed by atoms with Gasteiger partial charge in [0.05, 0.1) is 19.3 Å². The first kappa shape index (κ1) is 55.2. The van der Waals surface area contributed by atoms with E-state index >= 15 is 0 Å². The summed E-state index contributed by atoms with van der Waals surface area (Å²) in [5, 5.41) is 10.2. The highest BCUT2D eigenvalue weighted by Gasteiger charge is 2.26. The Morgan fingerprint density at radius 1 is 0.621 bits per heavy atom. The third kappa shape index (κ3) is 41.3. The van der Waals surface area contributed by atoms with E-state index in [1.807, 2.05) is 18.2 Å². The largest absolute Gasteiger partial charge is 0.472 e. The number of carbonyl (C=O) groups excluding carboxylic acids is 2. The highest BCUT2D eigenvalue weighted by Crippen LogP contribution is 2.43. The van der Waals surface area contributed by atoms with Crippen molar-refractivity contribution in [2.45, 2.75) is 174 Å². The summed E-state index contributed by atoms with van der Waals surface area (Å²) in [5.41, 5.74) is 5.34. The molecule has 0 aromatic carbocycles. The second kappa shape index (κ2) is 42.3. The normalized spacial score (nSPS) is 14.6. The van der Waals surface area contributed by atoms with Crippen LogP contribution in [0.1, 0.15) is 162 Å². The van der Waals surface area contributed by atoms with Crippen LogP contribution in [0.3, 0.4) is 0 Å². The summed E-state index contributed by atoms with van der Waals surface area (Å²) in [6.07, 6.45) is 49.3. The first-order valence-electron chi connectivity index (χ1n) is 22.2. The molecule has 4 N–H and O–H groups in total. The maximum Gasteiger partial charge on any atom is 0.472 e. The maximum absolute atomic E-state index is 12.6. The molecule has 0 aliphatic rings. The molecule has 332 valence electrons. The summed E-state index contributed by atoms with van der Waals surface area (Å²) in [6, 6.07) is 0. The van der Waals surface area contributed by atoms with E-state index in [-0.39, 0.29) is 32.6 Å². The second-order valence-corrected chi connectivity index (χ2v) is 15.8. The van der Waals surface area contributed by atoms with Crippen LogP contribution in [-0.4, -0.2) is 60.5 Å². The van der Waals surface area contributed by atoms with Crippen molar-refractivity contribution in [3.05, 3.63) is 85.1 Å². The summed E-state index contributed by atoms with van der Waals surface area (Å²) in [5.74, 6) is -1.02. The number of nitrogens with two attached hydrogens (primary N) is 1. The van der Waals surface area contributed by atoms with E-state index in [1.54, 1.807) is 18.2 Å². The summed E-state index contributed by atoms with van der Waals surface area (Å²) in [6.45, 7) is 3.39. The number of aliphatic hydroxyl groups is 1. The minimum atomic E-state index is -4.42. The molecule has 3 atom stereocenters. The van der Waals surface area contributed by atoms with Crippen LogP contribution in [-0.2, 0) is 32.7 Å². The van der Waals surface area contributed by atoms with Crippen molar-refractivity contribution in [1.29, 1.82) is 0 Å². The predicted molar refractivity (Wildman–Crippen MR) is 239 cm³/mol. The summed E-state index contributed by atoms with van der Waals surface area (Å²) >= 11 is 0. The van der Waals surface area contributed by atoms with Crippen molar-refractivity contribution in [2.75, 3.05) is 26.4 Å². The molecule has 0 radical (unpaired) electrons. The molecule has 0 aromatic rings. The number of unbranched alkanes of at least 4 members (excludes halogenated alkanes) is 13. The molecular formula is C47H80NO9P. The lowest BCUT2D eigenvalue weighted by Gasteiger charge is -2.19. The van der Waals surface area contributed by atoms with Crippen LogP contribution < -0.4 is 5.73 Å². The summed E-state index contributed by atoms with van der Waals surface area (Å²) in [7, 11) is -4.42. The van der Waals surface area contributed by atoms with Crippen molar-refractivity contribution >= 4 is 19.8 Å². The Morgan fingerprint density at radius 3 is 1.81 bits per heavy atom. The van der Waals surface area contributed by atoms with E-state index in [0.717, 1.165) is 51.4 Å². The van der Waals surface area contributed by atoms with Crippen molar-refractivity contribution in [3.63, 3.8) is 0 Å². The van der Waals surface area contributed by atoms with Gasteiger partial charge in [-0.25, -0.2) is 4.57 Å². The first-order chi connectivity index (χ1) is 28.2. The molecule has 0 bridgehead atoms. The third-order valence-electron chi connectivity index (χ3n) is 8.86. The molecule has 0 rings (SSSR count). The van der Waals surface area contributed by atoms with Gasteiger partial charge in [0.25, 0.3) is 0 Å². The molecule has 0 spiro atoms. The van der Waals surface area contributed by atoms with Gasteiger partial charge in [-0.15, -0.1) is 0 Å². The maximum atomic E-state index is 12.6. The van der Waals surface area contributed by atoms with E-state index < -0.39 is 38.6 Å². The molecular weight excluding hydrogens is 753 g/mol. The molecule has 0 saturated carbocycles. The molecule has 10 nitrogen and oxygen atoms in total. The van der Waals surface area contributed by atoms with Crippen molar-refractivity contribution in [2.24, 2.45) is 5.73 Å². The van der Waals surface area contributed by atoms with E-state index in [4.69, 9.17) is 24.3 Å². The quantitative estimate of drug-likeness (QED) is 0.0179. The highest BCUT2D eigenvalue weighted by molar-refractivity contribution is 7.47. The number of phosphoric acid groups is 1. The van der Waals surface area contributed by atoms with Crippen LogP contribution in [0.4, 0.5) is 0 Å². The minimum Gasteiger partial charge on any atom is -0.462 e. The fourth-order valence-electron chi connectivity index (χ4n) is 5.56. The average Bonchev–Trinajstić information content (AvgIpc) is 3.20. The summed E-state index contributed by atoms with van der Waals surface area (Å²) in [4.78, 5) is 34.9. The topological polar surface area (TPSA) is 155 Å². The van der Waals surface area contributed by atoms with Gasteiger partial charge < -0.3 is 25.2 Å². The third-order valence-corrected chi connectivity index (χ3v) is 9.84. The van der Waals surface area contributed by atoms with Gasteiger partial charge in [-0.1, -0.05) is 163 Å². The van der Waals surface area contributed by atoms with Crippen LogP contribution in [0.25, 0.3) is 0 Å². The molecule has 0 aliphatic carbocycles. The van der Waals surface area contributed by atoms with E-state index in [1.165, 1.54) is 64.2 Å². The Balaban J connectivity index is 4.37. The Hall–Kier alpha value is -2.85. The number of aliphatic hydroxyl groups excluding tert-OH is 1. The number of ether oxygens (including phenoxy) is 2. The molecule has 0 heterocycles. The smallest absolute Gasteiger partial charge is 0.462 e. The van der Waals surface area contributed by atoms with E-state index in [0.29, 0.717) is 19.3 Å². The Morgan fingerprint density at radius 2 is 1.19 bits per heavy atom. The van der Waals surface area contributed by atoms with Crippen molar-refractivity contribution in [3.8, 4) is 0 Å². The van der Waals surface area contributed by atoms with E-state index in [9.17, 15) is 24.2 Å². The van der Waals surface area contributed by atoms with Crippen LogP contribution in [0, 0.1) is 0 Å².